The van der Waals surface area contributed by atoms with Crippen molar-refractivity contribution < 1.29 is 0 Å². The highest BCUT2D eigenvalue weighted by molar-refractivity contribution is 8.88. The van der Waals surface area contributed by atoms with Gasteiger partial charge < -0.3 is 0 Å². The Morgan fingerprint density at radius 3 is 1.83 bits per heavy atom. The van der Waals surface area contributed by atoms with Crippen LogP contribution in [0.15, 0.2) is 0 Å². The zero-order chi connectivity index (χ0) is 9.41. The first-order valence-electron chi connectivity index (χ1n) is 4.37. The topological polar surface area (TPSA) is 0 Å². The molecule has 0 saturated carbocycles. The molecule has 1 aliphatic heterocycles. The van der Waals surface area contributed by atoms with Crippen molar-refractivity contribution in [1.82, 2.24) is 0 Å². The highest BCUT2D eigenvalue weighted by atomic mass is 33.1. The van der Waals surface area contributed by atoms with E-state index in [-0.39, 0.29) is 6.33 Å². The summed E-state index contributed by atoms with van der Waals surface area (Å²) in [5.41, 5.74) is 0.569. The van der Waals surface area contributed by atoms with Crippen molar-refractivity contribution in [1.29, 1.82) is 0 Å². The summed E-state index contributed by atoms with van der Waals surface area (Å²) in [6.07, 6.45) is 0.162. The van der Waals surface area contributed by atoms with Gasteiger partial charge in [0, 0.05) is 23.0 Å². The van der Waals surface area contributed by atoms with Crippen LogP contribution >= 0.6 is 29.1 Å². The lowest BCUT2D eigenvalue weighted by molar-refractivity contribution is 0.493. The van der Waals surface area contributed by atoms with Crippen LogP contribution in [-0.2, 0) is 0 Å². The summed E-state index contributed by atoms with van der Waals surface area (Å²) in [7, 11) is 0. The maximum Gasteiger partial charge on any atom is 0.0177 e. The Bertz CT molecular complexity index is 150. The van der Waals surface area contributed by atoms with Gasteiger partial charge >= 0.3 is 0 Å². The zero-order valence-corrected chi connectivity index (χ0v) is 11.2. The van der Waals surface area contributed by atoms with E-state index < -0.39 is 0 Å². The van der Waals surface area contributed by atoms with Gasteiger partial charge in [-0.3, -0.25) is 0 Å². The fraction of sp³-hybridized carbons (Fsp3) is 1.00. The SMILES string of the molecule is CC1(C)CSP(C(C)(C)C)SC1. The second kappa shape index (κ2) is 3.71. The molecule has 0 atom stereocenters. The third-order valence-corrected chi connectivity index (χ3v) is 12.4. The smallest absolute Gasteiger partial charge is 0.0177 e. The van der Waals surface area contributed by atoms with Crippen LogP contribution < -0.4 is 0 Å². The van der Waals surface area contributed by atoms with Gasteiger partial charge in [-0.25, -0.2) is 0 Å². The van der Waals surface area contributed by atoms with Crippen molar-refractivity contribution >= 4 is 29.1 Å². The van der Waals surface area contributed by atoms with Crippen LogP contribution in [0.2, 0.25) is 0 Å². The molecule has 0 amide bonds. The Morgan fingerprint density at radius 1 is 1.08 bits per heavy atom. The van der Waals surface area contributed by atoms with E-state index in [4.69, 9.17) is 0 Å². The zero-order valence-electron chi connectivity index (χ0n) is 8.68. The Balaban J connectivity index is 2.47. The lowest BCUT2D eigenvalue weighted by Crippen LogP contribution is -2.22. The van der Waals surface area contributed by atoms with Crippen molar-refractivity contribution in [2.24, 2.45) is 5.41 Å². The highest BCUT2D eigenvalue weighted by Gasteiger charge is 2.34. The fourth-order valence-electron chi connectivity index (χ4n) is 0.933. The van der Waals surface area contributed by atoms with Crippen LogP contribution in [0.5, 0.6) is 0 Å². The molecule has 0 N–H and O–H groups in total. The first kappa shape index (κ1) is 11.2. The number of hydrogen-bond donors (Lipinski definition) is 0. The fourth-order valence-corrected chi connectivity index (χ4v) is 10.0. The van der Waals surface area contributed by atoms with E-state index in [0.717, 1.165) is 0 Å². The van der Waals surface area contributed by atoms with Gasteiger partial charge in [-0.1, -0.05) is 34.6 Å². The molecule has 0 radical (unpaired) electrons. The number of rotatable bonds is 0. The maximum atomic E-state index is 2.38. The summed E-state index contributed by atoms with van der Waals surface area (Å²) in [5, 5.41) is 0.529. The van der Waals surface area contributed by atoms with Crippen LogP contribution in [0.3, 0.4) is 0 Å². The lowest BCUT2D eigenvalue weighted by atomic mass is 10.0. The van der Waals surface area contributed by atoms with Gasteiger partial charge in [0.05, 0.1) is 0 Å². The van der Waals surface area contributed by atoms with Gasteiger partial charge in [0.25, 0.3) is 0 Å². The Hall–Kier alpha value is 1.13. The highest BCUT2D eigenvalue weighted by Crippen LogP contribution is 2.73. The molecule has 0 aliphatic carbocycles. The summed E-state index contributed by atoms with van der Waals surface area (Å²) < 4.78 is 0. The molecule has 12 heavy (non-hydrogen) atoms. The van der Waals surface area contributed by atoms with E-state index in [9.17, 15) is 0 Å². The monoisotopic (exact) mass is 222 g/mol. The Morgan fingerprint density at radius 2 is 1.50 bits per heavy atom. The van der Waals surface area contributed by atoms with Crippen LogP contribution in [0, 0.1) is 5.41 Å². The van der Waals surface area contributed by atoms with E-state index in [1.165, 1.54) is 11.5 Å². The van der Waals surface area contributed by atoms with Crippen LogP contribution in [-0.4, -0.2) is 16.7 Å². The molecule has 0 nitrogen and oxygen atoms in total. The summed E-state index contributed by atoms with van der Waals surface area (Å²) in [4.78, 5) is 0. The summed E-state index contributed by atoms with van der Waals surface area (Å²) in [5.74, 6) is 2.70. The summed E-state index contributed by atoms with van der Waals surface area (Å²) >= 11 is 4.41. The molecule has 1 fully saturated rings. The van der Waals surface area contributed by atoms with Crippen molar-refractivity contribution in [3.8, 4) is 0 Å². The van der Waals surface area contributed by atoms with Crippen LogP contribution in [0.1, 0.15) is 34.6 Å². The van der Waals surface area contributed by atoms with E-state index in [0.29, 0.717) is 10.6 Å². The quantitative estimate of drug-likeness (QED) is 0.549. The van der Waals surface area contributed by atoms with Gasteiger partial charge in [-0.05, 0) is 5.41 Å². The molecule has 1 saturated heterocycles. The van der Waals surface area contributed by atoms with Crippen molar-refractivity contribution in [3.63, 3.8) is 0 Å². The normalized spacial score (nSPS) is 25.8. The minimum atomic E-state index is 0.162. The predicted octanol–water partition coefficient (Wildman–Crippen LogP) is 4.60. The van der Waals surface area contributed by atoms with Crippen LogP contribution in [0.25, 0.3) is 0 Å². The molecule has 1 rings (SSSR count). The molecule has 72 valence electrons. The molecular weight excluding hydrogens is 203 g/mol. The third-order valence-electron chi connectivity index (χ3n) is 1.69. The maximum absolute atomic E-state index is 2.38. The minimum absolute atomic E-state index is 0.162. The molecule has 3 heteroatoms. The largest absolute Gasteiger partial charge is 0.122 e. The molecule has 0 unspecified atom stereocenters. The predicted molar refractivity (Wildman–Crippen MR) is 65.4 cm³/mol. The molecule has 0 aromatic carbocycles. The molecule has 1 heterocycles. The van der Waals surface area contributed by atoms with Gasteiger partial charge in [-0.2, -0.15) is 0 Å². The average molecular weight is 222 g/mol. The van der Waals surface area contributed by atoms with E-state index in [2.05, 4.69) is 57.4 Å². The van der Waals surface area contributed by atoms with Gasteiger partial charge in [0.15, 0.2) is 0 Å². The second-order valence-corrected chi connectivity index (χ2v) is 12.5. The van der Waals surface area contributed by atoms with E-state index in [1.54, 1.807) is 0 Å². The van der Waals surface area contributed by atoms with Crippen molar-refractivity contribution in [3.05, 3.63) is 0 Å². The minimum Gasteiger partial charge on any atom is -0.122 e. The molecular formula is C9H19PS2. The Labute approximate surface area is 85.9 Å². The Kier molecular flexibility index (Phi) is 3.46. The summed E-state index contributed by atoms with van der Waals surface area (Å²) in [6.45, 7) is 11.9. The second-order valence-electron chi connectivity index (χ2n) is 5.14. The molecule has 0 bridgehead atoms. The van der Waals surface area contributed by atoms with Crippen LogP contribution in [0.4, 0.5) is 0 Å². The molecule has 0 aromatic heterocycles. The van der Waals surface area contributed by atoms with Crippen molar-refractivity contribution in [2.45, 2.75) is 39.8 Å². The molecule has 0 aromatic rings. The van der Waals surface area contributed by atoms with Crippen molar-refractivity contribution in [2.75, 3.05) is 11.5 Å². The van der Waals surface area contributed by atoms with Gasteiger partial charge in [-0.15, -0.1) is 22.8 Å². The lowest BCUT2D eigenvalue weighted by Gasteiger charge is -2.39. The first-order valence-corrected chi connectivity index (χ1v) is 8.90. The molecule has 0 spiro atoms. The van der Waals surface area contributed by atoms with E-state index in [1.807, 2.05) is 0 Å². The average Bonchev–Trinajstić information content (AvgIpc) is 1.83. The van der Waals surface area contributed by atoms with Gasteiger partial charge in [0.2, 0.25) is 0 Å². The molecule has 1 aliphatic rings. The summed E-state index contributed by atoms with van der Waals surface area (Å²) in [6, 6.07) is 0. The van der Waals surface area contributed by atoms with E-state index >= 15 is 0 Å². The third kappa shape index (κ3) is 3.12. The number of hydrogen-bond acceptors (Lipinski definition) is 2. The first-order chi connectivity index (χ1) is 5.31. The standard InChI is InChI=1S/C9H19PS2/c1-8(2,3)10-11-6-9(4,5)7-12-10/h6-7H2,1-5H3. The van der Waals surface area contributed by atoms with Gasteiger partial charge in [0.1, 0.15) is 0 Å².